The second-order valence-corrected chi connectivity index (χ2v) is 9.37. The number of carbonyl (C=O) groups excluding carboxylic acids is 1. The van der Waals surface area contributed by atoms with Crippen LogP contribution in [0.1, 0.15) is 39.5 Å². The molecular formula is C23H25N9O2S. The van der Waals surface area contributed by atoms with Crippen LogP contribution in [-0.2, 0) is 13.0 Å². The Morgan fingerprint density at radius 1 is 1.20 bits per heavy atom. The van der Waals surface area contributed by atoms with Gasteiger partial charge in [-0.3, -0.25) is 9.69 Å². The molecule has 11 nitrogen and oxygen atoms in total. The second-order valence-electron chi connectivity index (χ2n) is 8.39. The number of benzene rings is 1. The lowest BCUT2D eigenvalue weighted by Gasteiger charge is -2.32. The summed E-state index contributed by atoms with van der Waals surface area (Å²) < 4.78 is 6.16. The maximum atomic E-state index is 12.9. The Hall–Kier alpha value is -3.90. The number of thiophene rings is 1. The Labute approximate surface area is 205 Å². The van der Waals surface area contributed by atoms with E-state index < -0.39 is 5.91 Å². The number of hydrogen-bond donors (Lipinski definition) is 2. The van der Waals surface area contributed by atoms with Crippen LogP contribution in [-0.4, -0.2) is 55.4 Å². The van der Waals surface area contributed by atoms with Crippen LogP contribution in [0.3, 0.4) is 0 Å². The zero-order chi connectivity index (χ0) is 24.0. The number of nitrogens with one attached hydrogen (secondary N) is 1. The van der Waals surface area contributed by atoms with E-state index in [1.807, 2.05) is 23.6 Å². The van der Waals surface area contributed by atoms with E-state index in [1.165, 1.54) is 21.6 Å². The van der Waals surface area contributed by atoms with Crippen LogP contribution in [0.4, 0.5) is 5.82 Å². The van der Waals surface area contributed by atoms with Gasteiger partial charge in [0.05, 0.1) is 11.9 Å². The Morgan fingerprint density at radius 2 is 2.03 bits per heavy atom. The summed E-state index contributed by atoms with van der Waals surface area (Å²) in [6.07, 6.45) is 4.79. The number of anilines is 1. The fourth-order valence-electron chi connectivity index (χ4n) is 4.21. The fourth-order valence-corrected chi connectivity index (χ4v) is 4.79. The number of hydrogen-bond acceptors (Lipinski definition) is 10. The molecule has 4 aromatic rings. The number of amides is 1. The zero-order valence-corrected chi connectivity index (χ0v) is 19.8. The molecule has 35 heavy (non-hydrogen) atoms. The van der Waals surface area contributed by atoms with Crippen LogP contribution in [0.2, 0.25) is 0 Å². The predicted octanol–water partition coefficient (Wildman–Crippen LogP) is 2.51. The number of likely N-dealkylation sites (tertiary alicyclic amines) is 1. The van der Waals surface area contributed by atoms with Gasteiger partial charge < -0.3 is 5.73 Å². The minimum atomic E-state index is -0.465. The van der Waals surface area contributed by atoms with E-state index in [1.54, 1.807) is 6.21 Å². The van der Waals surface area contributed by atoms with E-state index in [4.69, 9.17) is 10.4 Å². The van der Waals surface area contributed by atoms with Crippen molar-refractivity contribution < 1.29 is 9.42 Å². The molecule has 1 amide bonds. The molecule has 1 aliphatic rings. The molecular weight excluding hydrogens is 466 g/mol. The Balaban J connectivity index is 1.30. The summed E-state index contributed by atoms with van der Waals surface area (Å²) in [4.78, 5) is 16.1. The molecule has 0 spiro atoms. The first-order valence-corrected chi connectivity index (χ1v) is 12.2. The standard InChI is InChI=1S/C23H25N9O2S/c24-21-22(29-34-28-21)32-19(20(26-30-32)23(33)27-25-14-18-7-4-12-35-18)15-31-10-8-17(9-11-31)13-16-5-2-1-3-6-16/h1-7,12,14,17H,8-11,13,15H2,(H2,24,28)(H,27,33). The van der Waals surface area contributed by atoms with Crippen molar-refractivity contribution in [3.05, 3.63) is 69.7 Å². The van der Waals surface area contributed by atoms with Crippen molar-refractivity contribution in [2.75, 3.05) is 18.8 Å². The van der Waals surface area contributed by atoms with Crippen molar-refractivity contribution in [2.45, 2.75) is 25.8 Å². The average Bonchev–Trinajstić information content (AvgIpc) is 3.63. The maximum absolute atomic E-state index is 12.9. The third-order valence-electron chi connectivity index (χ3n) is 6.02. The molecule has 0 atom stereocenters. The first-order chi connectivity index (χ1) is 17.2. The van der Waals surface area contributed by atoms with Crippen molar-refractivity contribution >= 4 is 29.3 Å². The Morgan fingerprint density at radius 3 is 2.74 bits per heavy atom. The largest absolute Gasteiger partial charge is 0.378 e. The number of hydrazone groups is 1. The highest BCUT2D eigenvalue weighted by atomic mass is 32.1. The lowest BCUT2D eigenvalue weighted by atomic mass is 9.90. The molecule has 1 saturated heterocycles. The van der Waals surface area contributed by atoms with Gasteiger partial charge in [0.2, 0.25) is 11.6 Å². The average molecular weight is 492 g/mol. The second kappa shape index (κ2) is 10.6. The van der Waals surface area contributed by atoms with Crippen LogP contribution in [0, 0.1) is 5.92 Å². The minimum Gasteiger partial charge on any atom is -0.378 e. The normalized spacial score (nSPS) is 15.1. The summed E-state index contributed by atoms with van der Waals surface area (Å²) in [5.41, 5.74) is 10.5. The van der Waals surface area contributed by atoms with Gasteiger partial charge in [0.25, 0.3) is 5.91 Å². The van der Waals surface area contributed by atoms with Gasteiger partial charge in [0, 0.05) is 11.4 Å². The quantitative estimate of drug-likeness (QED) is 0.283. The van der Waals surface area contributed by atoms with Crippen LogP contribution in [0.15, 0.2) is 57.6 Å². The van der Waals surface area contributed by atoms with Crippen molar-refractivity contribution in [1.29, 1.82) is 0 Å². The summed E-state index contributed by atoms with van der Waals surface area (Å²) in [6.45, 7) is 2.24. The molecule has 0 saturated carbocycles. The lowest BCUT2D eigenvalue weighted by molar-refractivity contribution is 0.0946. The van der Waals surface area contributed by atoms with Gasteiger partial charge >= 0.3 is 0 Å². The Kier molecular flexibility index (Phi) is 6.91. The molecule has 1 aromatic carbocycles. The van der Waals surface area contributed by atoms with Gasteiger partial charge in [-0.2, -0.15) is 9.78 Å². The maximum Gasteiger partial charge on any atom is 0.293 e. The molecule has 4 heterocycles. The predicted molar refractivity (Wildman–Crippen MR) is 131 cm³/mol. The van der Waals surface area contributed by atoms with Gasteiger partial charge in [0.1, 0.15) is 0 Å². The van der Waals surface area contributed by atoms with Crippen molar-refractivity contribution in [1.82, 2.24) is 35.6 Å². The number of carbonyl (C=O) groups is 1. The zero-order valence-electron chi connectivity index (χ0n) is 18.9. The van der Waals surface area contributed by atoms with E-state index in [-0.39, 0.29) is 17.3 Å². The smallest absolute Gasteiger partial charge is 0.293 e. The summed E-state index contributed by atoms with van der Waals surface area (Å²) >= 11 is 1.52. The molecule has 3 N–H and O–H groups in total. The van der Waals surface area contributed by atoms with E-state index >= 15 is 0 Å². The molecule has 180 valence electrons. The molecule has 5 rings (SSSR count). The fraction of sp³-hybridized carbons (Fsp3) is 0.304. The van der Waals surface area contributed by atoms with Gasteiger partial charge in [-0.25, -0.2) is 10.1 Å². The molecule has 12 heteroatoms. The van der Waals surface area contributed by atoms with E-state index in [2.05, 4.69) is 60.3 Å². The van der Waals surface area contributed by atoms with Crippen LogP contribution >= 0.6 is 11.3 Å². The van der Waals surface area contributed by atoms with E-state index in [0.717, 1.165) is 37.2 Å². The molecule has 0 radical (unpaired) electrons. The minimum absolute atomic E-state index is 0.0698. The summed E-state index contributed by atoms with van der Waals surface area (Å²) in [5, 5.41) is 21.7. The van der Waals surface area contributed by atoms with E-state index in [0.29, 0.717) is 18.2 Å². The summed E-state index contributed by atoms with van der Waals surface area (Å²) in [7, 11) is 0. The summed E-state index contributed by atoms with van der Waals surface area (Å²) in [6, 6.07) is 14.4. The van der Waals surface area contributed by atoms with Gasteiger partial charge in [-0.1, -0.05) is 41.6 Å². The van der Waals surface area contributed by atoms with Crippen molar-refractivity contribution in [3.63, 3.8) is 0 Å². The SMILES string of the molecule is Nc1nonc1-n1nnc(C(=O)NN=Cc2cccs2)c1CN1CCC(Cc2ccccc2)CC1. The summed E-state index contributed by atoms with van der Waals surface area (Å²) in [5.74, 6) is 0.433. The molecule has 3 aromatic heterocycles. The first kappa shape index (κ1) is 22.9. The van der Waals surface area contributed by atoms with E-state index in [9.17, 15) is 4.79 Å². The lowest BCUT2D eigenvalue weighted by Crippen LogP contribution is -2.35. The van der Waals surface area contributed by atoms with Crippen molar-refractivity contribution in [2.24, 2.45) is 11.0 Å². The van der Waals surface area contributed by atoms with Crippen LogP contribution in [0.5, 0.6) is 0 Å². The molecule has 0 unspecified atom stereocenters. The van der Waals surface area contributed by atoms with Gasteiger partial charge in [-0.15, -0.1) is 16.4 Å². The van der Waals surface area contributed by atoms with Gasteiger partial charge in [0.15, 0.2) is 5.69 Å². The Bertz CT molecular complexity index is 1280. The third kappa shape index (κ3) is 5.44. The third-order valence-corrected chi connectivity index (χ3v) is 6.83. The molecule has 0 bridgehead atoms. The first-order valence-electron chi connectivity index (χ1n) is 11.3. The molecule has 0 aliphatic carbocycles. The van der Waals surface area contributed by atoms with Gasteiger partial charge in [-0.05, 0) is 65.6 Å². The number of aromatic nitrogens is 5. The highest BCUT2D eigenvalue weighted by molar-refractivity contribution is 7.11. The highest BCUT2D eigenvalue weighted by Gasteiger charge is 2.27. The number of nitrogens with zero attached hydrogens (tertiary/aromatic N) is 7. The number of piperidine rings is 1. The van der Waals surface area contributed by atoms with Crippen molar-refractivity contribution in [3.8, 4) is 5.82 Å². The molecule has 1 aliphatic heterocycles. The highest BCUT2D eigenvalue weighted by Crippen LogP contribution is 2.24. The number of rotatable bonds is 8. The topological polar surface area (TPSA) is 140 Å². The molecule has 1 fully saturated rings. The number of nitrogens with two attached hydrogens (primary N) is 1. The van der Waals surface area contributed by atoms with Crippen LogP contribution in [0.25, 0.3) is 5.82 Å². The van der Waals surface area contributed by atoms with Crippen LogP contribution < -0.4 is 11.2 Å². The number of nitrogen functional groups attached to an aromatic ring is 1. The monoisotopic (exact) mass is 491 g/mol.